The van der Waals surface area contributed by atoms with Crippen LogP contribution in [0.1, 0.15) is 18.1 Å². The largest absolute Gasteiger partial charge is 0.314 e. The standard InChI is InChI=1S/C14H18N2S/c1-12(9-14-5-8-17-11-14)16-7-4-13-3-2-6-15-10-13/h2-3,5-6,8,10-12,16H,4,7,9H2,1H3. The van der Waals surface area contributed by atoms with Crippen molar-refractivity contribution in [1.29, 1.82) is 0 Å². The zero-order chi connectivity index (χ0) is 11.9. The summed E-state index contributed by atoms with van der Waals surface area (Å²) in [6, 6.07) is 6.84. The Morgan fingerprint density at radius 2 is 2.29 bits per heavy atom. The number of nitrogens with zero attached hydrogens (tertiary/aromatic N) is 1. The summed E-state index contributed by atoms with van der Waals surface area (Å²) >= 11 is 1.77. The predicted octanol–water partition coefficient (Wildman–Crippen LogP) is 2.91. The van der Waals surface area contributed by atoms with Gasteiger partial charge in [0.1, 0.15) is 0 Å². The van der Waals surface area contributed by atoms with Crippen molar-refractivity contribution in [3.63, 3.8) is 0 Å². The Morgan fingerprint density at radius 3 is 3.00 bits per heavy atom. The van der Waals surface area contributed by atoms with E-state index < -0.39 is 0 Å². The first-order valence-electron chi connectivity index (χ1n) is 5.98. The molecule has 2 rings (SSSR count). The van der Waals surface area contributed by atoms with E-state index in [-0.39, 0.29) is 0 Å². The normalized spacial score (nSPS) is 12.5. The monoisotopic (exact) mass is 246 g/mol. The van der Waals surface area contributed by atoms with Gasteiger partial charge in [0.05, 0.1) is 0 Å². The third-order valence-electron chi connectivity index (χ3n) is 2.75. The number of nitrogens with one attached hydrogen (secondary N) is 1. The van der Waals surface area contributed by atoms with Crippen LogP contribution in [0.25, 0.3) is 0 Å². The van der Waals surface area contributed by atoms with Crippen molar-refractivity contribution in [2.24, 2.45) is 0 Å². The highest BCUT2D eigenvalue weighted by Crippen LogP contribution is 2.08. The highest BCUT2D eigenvalue weighted by Gasteiger charge is 2.03. The van der Waals surface area contributed by atoms with E-state index in [0.717, 1.165) is 19.4 Å². The molecule has 2 nitrogen and oxygen atoms in total. The second kappa shape index (κ2) is 6.52. The first kappa shape index (κ1) is 12.3. The molecule has 0 radical (unpaired) electrons. The van der Waals surface area contributed by atoms with Gasteiger partial charge in [0.15, 0.2) is 0 Å². The molecular formula is C14H18N2S. The molecule has 0 aliphatic heterocycles. The molecule has 1 atom stereocenters. The van der Waals surface area contributed by atoms with Gasteiger partial charge in [-0.25, -0.2) is 0 Å². The van der Waals surface area contributed by atoms with Gasteiger partial charge in [-0.1, -0.05) is 6.07 Å². The minimum absolute atomic E-state index is 0.529. The quantitative estimate of drug-likeness (QED) is 0.847. The highest BCUT2D eigenvalue weighted by molar-refractivity contribution is 7.07. The van der Waals surface area contributed by atoms with Crippen LogP contribution in [0.2, 0.25) is 0 Å². The third-order valence-corrected chi connectivity index (χ3v) is 3.48. The minimum atomic E-state index is 0.529. The number of thiophene rings is 1. The van der Waals surface area contributed by atoms with E-state index in [1.807, 2.05) is 18.5 Å². The summed E-state index contributed by atoms with van der Waals surface area (Å²) in [5.74, 6) is 0. The number of rotatable bonds is 6. The van der Waals surface area contributed by atoms with Crippen molar-refractivity contribution in [3.05, 3.63) is 52.5 Å². The van der Waals surface area contributed by atoms with Gasteiger partial charge in [0.2, 0.25) is 0 Å². The summed E-state index contributed by atoms with van der Waals surface area (Å²) in [5.41, 5.74) is 2.72. The Bertz CT molecular complexity index is 411. The van der Waals surface area contributed by atoms with Crippen LogP contribution in [0.5, 0.6) is 0 Å². The molecule has 2 aromatic heterocycles. The van der Waals surface area contributed by atoms with Crippen molar-refractivity contribution in [3.8, 4) is 0 Å². The summed E-state index contributed by atoms with van der Waals surface area (Å²) in [6.45, 7) is 3.25. The maximum absolute atomic E-state index is 4.12. The van der Waals surface area contributed by atoms with Crippen LogP contribution < -0.4 is 5.32 Å². The summed E-state index contributed by atoms with van der Waals surface area (Å²) in [5, 5.41) is 7.90. The minimum Gasteiger partial charge on any atom is -0.314 e. The van der Waals surface area contributed by atoms with Gasteiger partial charge in [-0.15, -0.1) is 0 Å². The van der Waals surface area contributed by atoms with Gasteiger partial charge in [-0.05, 0) is 60.3 Å². The van der Waals surface area contributed by atoms with Gasteiger partial charge >= 0.3 is 0 Å². The van der Waals surface area contributed by atoms with E-state index in [1.165, 1.54) is 11.1 Å². The van der Waals surface area contributed by atoms with Crippen molar-refractivity contribution in [2.75, 3.05) is 6.54 Å². The maximum atomic E-state index is 4.12. The van der Waals surface area contributed by atoms with Gasteiger partial charge in [0.25, 0.3) is 0 Å². The fourth-order valence-corrected chi connectivity index (χ4v) is 2.52. The van der Waals surface area contributed by atoms with Crippen molar-refractivity contribution in [1.82, 2.24) is 10.3 Å². The van der Waals surface area contributed by atoms with Crippen molar-refractivity contribution >= 4 is 11.3 Å². The molecule has 0 saturated carbocycles. The lowest BCUT2D eigenvalue weighted by Gasteiger charge is -2.12. The van der Waals surface area contributed by atoms with Crippen LogP contribution >= 0.6 is 11.3 Å². The summed E-state index contributed by atoms with van der Waals surface area (Å²) < 4.78 is 0. The second-order valence-electron chi connectivity index (χ2n) is 4.30. The van der Waals surface area contributed by atoms with Crippen LogP contribution in [0.15, 0.2) is 41.4 Å². The Hall–Kier alpha value is -1.19. The molecule has 90 valence electrons. The van der Waals surface area contributed by atoms with E-state index in [2.05, 4.69) is 40.1 Å². The molecule has 0 aromatic carbocycles. The number of hydrogen-bond donors (Lipinski definition) is 1. The fourth-order valence-electron chi connectivity index (χ4n) is 1.84. The van der Waals surface area contributed by atoms with Crippen LogP contribution in [0.3, 0.4) is 0 Å². The molecule has 0 fully saturated rings. The van der Waals surface area contributed by atoms with Gasteiger partial charge in [-0.3, -0.25) is 4.98 Å². The van der Waals surface area contributed by atoms with Crippen LogP contribution in [-0.4, -0.2) is 17.6 Å². The lowest BCUT2D eigenvalue weighted by atomic mass is 10.1. The second-order valence-corrected chi connectivity index (χ2v) is 5.08. The van der Waals surface area contributed by atoms with Crippen LogP contribution in [0, 0.1) is 0 Å². The Balaban J connectivity index is 1.68. The Morgan fingerprint density at radius 1 is 1.35 bits per heavy atom. The molecule has 0 aliphatic carbocycles. The molecule has 0 bridgehead atoms. The van der Waals surface area contributed by atoms with Gasteiger partial charge in [-0.2, -0.15) is 11.3 Å². The molecule has 0 saturated heterocycles. The number of pyridine rings is 1. The Labute approximate surface area is 107 Å². The zero-order valence-electron chi connectivity index (χ0n) is 10.1. The molecular weight excluding hydrogens is 228 g/mol. The lowest BCUT2D eigenvalue weighted by molar-refractivity contribution is 0.549. The van der Waals surface area contributed by atoms with Crippen molar-refractivity contribution < 1.29 is 0 Å². The molecule has 3 heteroatoms. The molecule has 2 aromatic rings. The van der Waals surface area contributed by atoms with E-state index in [4.69, 9.17) is 0 Å². The fraction of sp³-hybridized carbons (Fsp3) is 0.357. The smallest absolute Gasteiger partial charge is 0.0300 e. The zero-order valence-corrected chi connectivity index (χ0v) is 10.9. The highest BCUT2D eigenvalue weighted by atomic mass is 32.1. The number of aromatic nitrogens is 1. The molecule has 17 heavy (non-hydrogen) atoms. The first-order valence-corrected chi connectivity index (χ1v) is 6.92. The lowest BCUT2D eigenvalue weighted by Crippen LogP contribution is -2.29. The summed E-state index contributed by atoms with van der Waals surface area (Å²) in [6.07, 6.45) is 5.90. The van der Waals surface area contributed by atoms with E-state index in [1.54, 1.807) is 11.3 Å². The SMILES string of the molecule is CC(Cc1ccsc1)NCCc1cccnc1. The van der Waals surface area contributed by atoms with E-state index in [9.17, 15) is 0 Å². The van der Waals surface area contributed by atoms with Gasteiger partial charge in [0, 0.05) is 18.4 Å². The first-order chi connectivity index (χ1) is 8.34. The number of hydrogen-bond acceptors (Lipinski definition) is 3. The molecule has 0 aliphatic rings. The topological polar surface area (TPSA) is 24.9 Å². The van der Waals surface area contributed by atoms with Crippen LogP contribution in [-0.2, 0) is 12.8 Å². The van der Waals surface area contributed by atoms with E-state index >= 15 is 0 Å². The molecule has 0 spiro atoms. The third kappa shape index (κ3) is 4.29. The predicted molar refractivity (Wildman–Crippen MR) is 73.4 cm³/mol. The summed E-state index contributed by atoms with van der Waals surface area (Å²) in [7, 11) is 0. The van der Waals surface area contributed by atoms with Gasteiger partial charge < -0.3 is 5.32 Å². The molecule has 1 N–H and O–H groups in total. The van der Waals surface area contributed by atoms with Crippen LogP contribution in [0.4, 0.5) is 0 Å². The molecule has 2 heterocycles. The van der Waals surface area contributed by atoms with Crippen molar-refractivity contribution in [2.45, 2.75) is 25.8 Å². The molecule has 1 unspecified atom stereocenters. The summed E-state index contributed by atoms with van der Waals surface area (Å²) in [4.78, 5) is 4.12. The molecule has 0 amide bonds. The Kier molecular flexibility index (Phi) is 4.71. The maximum Gasteiger partial charge on any atom is 0.0300 e. The average Bonchev–Trinajstić information content (AvgIpc) is 2.83. The van der Waals surface area contributed by atoms with E-state index in [0.29, 0.717) is 6.04 Å². The average molecular weight is 246 g/mol.